The molecule has 1 fully saturated rings. The molecule has 26 heavy (non-hydrogen) atoms. The highest BCUT2D eigenvalue weighted by molar-refractivity contribution is 5.64. The molecule has 1 saturated carbocycles. The number of ether oxygens (including phenoxy) is 1. The molecule has 0 aliphatic heterocycles. The second kappa shape index (κ2) is 9.26. The van der Waals surface area contributed by atoms with Crippen LogP contribution in [0.4, 0.5) is 0 Å². The van der Waals surface area contributed by atoms with Crippen LogP contribution in [0.5, 0.6) is 5.75 Å². The Balaban J connectivity index is 1.58. The van der Waals surface area contributed by atoms with E-state index in [0.29, 0.717) is 6.61 Å². The molecule has 0 aromatic heterocycles. The van der Waals surface area contributed by atoms with Crippen LogP contribution in [0.3, 0.4) is 0 Å². The van der Waals surface area contributed by atoms with Gasteiger partial charge in [-0.2, -0.15) is 0 Å². The van der Waals surface area contributed by atoms with Crippen LogP contribution >= 0.6 is 0 Å². The normalized spacial score (nSPS) is 21.3. The van der Waals surface area contributed by atoms with Gasteiger partial charge < -0.3 is 4.74 Å². The summed E-state index contributed by atoms with van der Waals surface area (Å²) in [5.74, 6) is 3.56. The topological polar surface area (TPSA) is 9.23 Å². The maximum atomic E-state index is 5.53. The van der Waals surface area contributed by atoms with Gasteiger partial charge in [-0.15, -0.1) is 0 Å². The van der Waals surface area contributed by atoms with Crippen LogP contribution in [0.2, 0.25) is 0 Å². The van der Waals surface area contributed by atoms with Gasteiger partial charge in [0.15, 0.2) is 0 Å². The van der Waals surface area contributed by atoms with Crippen LogP contribution in [0.1, 0.15) is 70.8 Å². The van der Waals surface area contributed by atoms with E-state index in [1.165, 1.54) is 55.2 Å². The first-order valence-corrected chi connectivity index (χ1v) is 10.5. The Morgan fingerprint density at radius 1 is 0.846 bits per heavy atom. The van der Waals surface area contributed by atoms with Gasteiger partial charge >= 0.3 is 0 Å². The van der Waals surface area contributed by atoms with E-state index >= 15 is 0 Å². The number of hydrogen-bond donors (Lipinski definition) is 0. The molecule has 140 valence electrons. The Bertz CT molecular complexity index is 648. The van der Waals surface area contributed by atoms with Crippen molar-refractivity contribution in [2.45, 2.75) is 65.2 Å². The van der Waals surface area contributed by atoms with E-state index in [0.717, 1.165) is 23.5 Å². The predicted octanol–water partition coefficient (Wildman–Crippen LogP) is 7.46. The maximum Gasteiger partial charge on any atom is 0.119 e. The fourth-order valence-electron chi connectivity index (χ4n) is 4.33. The van der Waals surface area contributed by atoms with Gasteiger partial charge in [-0.05, 0) is 85.6 Å². The highest BCUT2D eigenvalue weighted by Gasteiger charge is 2.23. The smallest absolute Gasteiger partial charge is 0.119 e. The molecule has 0 saturated heterocycles. The first kappa shape index (κ1) is 19.0. The Hall–Kier alpha value is -1.76. The molecular formula is C25H34O. The summed E-state index contributed by atoms with van der Waals surface area (Å²) >= 11 is 0. The average molecular weight is 351 g/mol. The Labute approximate surface area is 159 Å². The highest BCUT2D eigenvalue weighted by Crippen LogP contribution is 2.39. The summed E-state index contributed by atoms with van der Waals surface area (Å²) < 4.78 is 5.53. The van der Waals surface area contributed by atoms with E-state index in [4.69, 9.17) is 4.74 Å². The van der Waals surface area contributed by atoms with Crippen molar-refractivity contribution in [1.82, 2.24) is 0 Å². The molecule has 1 heteroatoms. The Morgan fingerprint density at radius 3 is 1.96 bits per heavy atom. The van der Waals surface area contributed by atoms with Crippen molar-refractivity contribution < 1.29 is 4.74 Å². The van der Waals surface area contributed by atoms with E-state index in [1.807, 2.05) is 6.92 Å². The van der Waals surface area contributed by atoms with Gasteiger partial charge in [-0.25, -0.2) is 0 Å². The van der Waals surface area contributed by atoms with Crippen LogP contribution in [0.15, 0.2) is 48.5 Å². The van der Waals surface area contributed by atoms with Crippen LogP contribution in [0, 0.1) is 11.8 Å². The van der Waals surface area contributed by atoms with Gasteiger partial charge in [0.05, 0.1) is 6.61 Å². The summed E-state index contributed by atoms with van der Waals surface area (Å²) in [7, 11) is 0. The van der Waals surface area contributed by atoms with Crippen molar-refractivity contribution in [1.29, 1.82) is 0 Å². The van der Waals surface area contributed by atoms with Crippen molar-refractivity contribution in [3.8, 4) is 16.9 Å². The third-order valence-electron chi connectivity index (χ3n) is 6.16. The molecule has 0 radical (unpaired) electrons. The number of hydrogen-bond acceptors (Lipinski definition) is 1. The molecule has 0 heterocycles. The lowest BCUT2D eigenvalue weighted by Crippen LogP contribution is -2.15. The summed E-state index contributed by atoms with van der Waals surface area (Å²) in [5, 5.41) is 0. The molecule has 3 rings (SSSR count). The monoisotopic (exact) mass is 350 g/mol. The molecule has 0 amide bonds. The molecule has 1 atom stereocenters. The quantitative estimate of drug-likeness (QED) is 0.503. The summed E-state index contributed by atoms with van der Waals surface area (Å²) in [4.78, 5) is 0. The lowest BCUT2D eigenvalue weighted by Gasteiger charge is -2.30. The van der Waals surface area contributed by atoms with Crippen molar-refractivity contribution in [3.05, 3.63) is 54.1 Å². The molecule has 1 aliphatic carbocycles. The lowest BCUT2D eigenvalue weighted by molar-refractivity contribution is 0.273. The summed E-state index contributed by atoms with van der Waals surface area (Å²) in [5.41, 5.74) is 4.08. The van der Waals surface area contributed by atoms with Gasteiger partial charge in [0.2, 0.25) is 0 Å². The summed E-state index contributed by atoms with van der Waals surface area (Å²) in [6.07, 6.45) is 8.31. The predicted molar refractivity (Wildman–Crippen MR) is 112 cm³/mol. The van der Waals surface area contributed by atoms with Gasteiger partial charge in [-0.3, -0.25) is 0 Å². The van der Waals surface area contributed by atoms with Crippen molar-refractivity contribution >= 4 is 0 Å². The third kappa shape index (κ3) is 4.90. The molecule has 2 aromatic rings. The largest absolute Gasteiger partial charge is 0.494 e. The van der Waals surface area contributed by atoms with E-state index in [-0.39, 0.29) is 0 Å². The molecule has 1 nitrogen and oxygen atoms in total. The lowest BCUT2D eigenvalue weighted by atomic mass is 9.75. The van der Waals surface area contributed by atoms with E-state index < -0.39 is 0 Å². The summed E-state index contributed by atoms with van der Waals surface area (Å²) in [6, 6.07) is 17.7. The van der Waals surface area contributed by atoms with Gasteiger partial charge in [-0.1, -0.05) is 56.7 Å². The van der Waals surface area contributed by atoms with Crippen LogP contribution in [0.25, 0.3) is 11.1 Å². The number of rotatable bonds is 7. The Morgan fingerprint density at radius 2 is 1.42 bits per heavy atom. The Kier molecular flexibility index (Phi) is 6.77. The average Bonchev–Trinajstić information content (AvgIpc) is 2.69. The molecule has 1 aliphatic rings. The van der Waals surface area contributed by atoms with Gasteiger partial charge in [0, 0.05) is 0 Å². The third-order valence-corrected chi connectivity index (χ3v) is 6.16. The van der Waals surface area contributed by atoms with Crippen LogP contribution < -0.4 is 4.74 Å². The fraction of sp³-hybridized carbons (Fsp3) is 0.520. The van der Waals surface area contributed by atoms with Gasteiger partial charge in [0.1, 0.15) is 5.75 Å². The standard InChI is InChI=1S/C25H34O/c1-4-19(3)18-20-6-8-21(9-7-20)22-10-12-23(13-11-22)24-14-16-25(17-15-24)26-5-2/h10-17,19-21H,4-9,18H2,1-3H3. The minimum atomic E-state index is 0.716. The van der Waals surface area contributed by atoms with E-state index in [9.17, 15) is 0 Å². The summed E-state index contributed by atoms with van der Waals surface area (Å²) in [6.45, 7) is 7.46. The zero-order valence-corrected chi connectivity index (χ0v) is 16.7. The number of benzene rings is 2. The van der Waals surface area contributed by atoms with Gasteiger partial charge in [0.25, 0.3) is 0 Å². The second-order valence-electron chi connectivity index (χ2n) is 8.05. The van der Waals surface area contributed by atoms with Crippen molar-refractivity contribution in [2.75, 3.05) is 6.61 Å². The minimum Gasteiger partial charge on any atom is -0.494 e. The molecule has 0 bridgehead atoms. The first-order valence-electron chi connectivity index (χ1n) is 10.5. The molecular weight excluding hydrogens is 316 g/mol. The van der Waals surface area contributed by atoms with Crippen LogP contribution in [-0.4, -0.2) is 6.61 Å². The van der Waals surface area contributed by atoms with Crippen molar-refractivity contribution in [2.24, 2.45) is 11.8 Å². The van der Waals surface area contributed by atoms with Crippen LogP contribution in [-0.2, 0) is 0 Å². The fourth-order valence-corrected chi connectivity index (χ4v) is 4.33. The highest BCUT2D eigenvalue weighted by atomic mass is 16.5. The second-order valence-corrected chi connectivity index (χ2v) is 8.05. The molecule has 2 aromatic carbocycles. The molecule has 0 N–H and O–H groups in total. The molecule has 1 unspecified atom stereocenters. The minimum absolute atomic E-state index is 0.716. The van der Waals surface area contributed by atoms with E-state index in [2.05, 4.69) is 62.4 Å². The van der Waals surface area contributed by atoms with Crippen molar-refractivity contribution in [3.63, 3.8) is 0 Å². The zero-order chi connectivity index (χ0) is 18.4. The van der Waals surface area contributed by atoms with E-state index in [1.54, 1.807) is 0 Å². The SMILES string of the molecule is CCOc1ccc(-c2ccc(C3CCC(CC(C)CC)CC3)cc2)cc1. The zero-order valence-electron chi connectivity index (χ0n) is 16.7. The first-order chi connectivity index (χ1) is 12.7. The maximum absolute atomic E-state index is 5.53. The molecule has 0 spiro atoms.